The Morgan fingerprint density at radius 1 is 1.21 bits per heavy atom. The molecule has 3 aromatic rings. The molecule has 1 aliphatic heterocycles. The van der Waals surface area contributed by atoms with Crippen molar-refractivity contribution in [3.05, 3.63) is 47.9 Å². The van der Waals surface area contributed by atoms with Crippen molar-refractivity contribution in [2.24, 2.45) is 0 Å². The van der Waals surface area contributed by atoms with Gasteiger partial charge in [-0.05, 0) is 80.9 Å². The van der Waals surface area contributed by atoms with Crippen LogP contribution in [0.15, 0.2) is 36.8 Å². The molecule has 2 aromatic heterocycles. The standard InChI is InChI=1S/C23H32N4O/c1-3-13-28-20-5-6-23-21(14-20)22(16-24-23)19-8-11-26(12-9-19)10-7-18-15-25-27(4-2)17-18/h5-6,14-17,19,24H,3-4,7-13H2,1-2H3. The number of aromatic nitrogens is 3. The van der Waals surface area contributed by atoms with Crippen LogP contribution < -0.4 is 4.74 Å². The van der Waals surface area contributed by atoms with E-state index in [2.05, 4.69) is 59.4 Å². The first-order valence-electron chi connectivity index (χ1n) is 10.7. The molecule has 150 valence electrons. The summed E-state index contributed by atoms with van der Waals surface area (Å²) in [6, 6.07) is 6.44. The average molecular weight is 381 g/mol. The first-order valence-corrected chi connectivity index (χ1v) is 10.7. The highest BCUT2D eigenvalue weighted by Gasteiger charge is 2.23. The highest BCUT2D eigenvalue weighted by molar-refractivity contribution is 5.85. The highest BCUT2D eigenvalue weighted by atomic mass is 16.5. The van der Waals surface area contributed by atoms with Crippen LogP contribution in [0.1, 0.15) is 50.2 Å². The lowest BCUT2D eigenvalue weighted by Gasteiger charge is -2.31. The molecule has 1 aliphatic rings. The molecule has 1 fully saturated rings. The number of piperidine rings is 1. The minimum Gasteiger partial charge on any atom is -0.494 e. The van der Waals surface area contributed by atoms with Crippen molar-refractivity contribution in [1.82, 2.24) is 19.7 Å². The zero-order valence-electron chi connectivity index (χ0n) is 17.2. The van der Waals surface area contributed by atoms with Crippen LogP contribution in [0.2, 0.25) is 0 Å². The summed E-state index contributed by atoms with van der Waals surface area (Å²) >= 11 is 0. The van der Waals surface area contributed by atoms with Gasteiger partial charge in [-0.25, -0.2) is 0 Å². The molecule has 1 N–H and O–H groups in total. The quantitative estimate of drug-likeness (QED) is 0.621. The van der Waals surface area contributed by atoms with Crippen LogP contribution in [-0.2, 0) is 13.0 Å². The number of aromatic amines is 1. The number of rotatable bonds is 8. The van der Waals surface area contributed by atoms with Crippen LogP contribution in [0, 0.1) is 0 Å². The molecule has 0 atom stereocenters. The number of fused-ring (bicyclic) bond motifs is 1. The fourth-order valence-electron chi connectivity index (χ4n) is 4.23. The van der Waals surface area contributed by atoms with E-state index in [1.807, 2.05) is 10.9 Å². The van der Waals surface area contributed by atoms with Gasteiger partial charge in [0.25, 0.3) is 0 Å². The monoisotopic (exact) mass is 380 g/mol. The number of benzene rings is 1. The van der Waals surface area contributed by atoms with E-state index in [9.17, 15) is 0 Å². The third-order valence-corrected chi connectivity index (χ3v) is 5.91. The van der Waals surface area contributed by atoms with Gasteiger partial charge in [0, 0.05) is 36.4 Å². The first-order chi connectivity index (χ1) is 13.8. The van der Waals surface area contributed by atoms with Gasteiger partial charge in [0.1, 0.15) is 5.75 Å². The van der Waals surface area contributed by atoms with Crippen LogP contribution >= 0.6 is 0 Å². The molecular weight excluding hydrogens is 348 g/mol. The van der Waals surface area contributed by atoms with Crippen LogP contribution in [0.4, 0.5) is 0 Å². The van der Waals surface area contributed by atoms with E-state index in [-0.39, 0.29) is 0 Å². The van der Waals surface area contributed by atoms with E-state index >= 15 is 0 Å². The number of hydrogen-bond donors (Lipinski definition) is 1. The number of nitrogens with one attached hydrogen (secondary N) is 1. The number of likely N-dealkylation sites (tertiary alicyclic amines) is 1. The molecule has 5 nitrogen and oxygen atoms in total. The fourth-order valence-corrected chi connectivity index (χ4v) is 4.23. The summed E-state index contributed by atoms with van der Waals surface area (Å²) in [5, 5.41) is 5.72. The Hall–Kier alpha value is -2.27. The maximum atomic E-state index is 5.85. The van der Waals surface area contributed by atoms with Gasteiger partial charge in [-0.15, -0.1) is 0 Å². The van der Waals surface area contributed by atoms with Crippen LogP contribution in [-0.4, -0.2) is 45.9 Å². The minimum atomic E-state index is 0.634. The summed E-state index contributed by atoms with van der Waals surface area (Å²) in [5.74, 6) is 1.62. The lowest BCUT2D eigenvalue weighted by molar-refractivity contribution is 0.215. The molecule has 1 aromatic carbocycles. The second-order valence-corrected chi connectivity index (χ2v) is 7.87. The molecule has 28 heavy (non-hydrogen) atoms. The molecule has 0 bridgehead atoms. The predicted molar refractivity (Wildman–Crippen MR) is 114 cm³/mol. The largest absolute Gasteiger partial charge is 0.494 e. The highest BCUT2D eigenvalue weighted by Crippen LogP contribution is 2.34. The predicted octanol–water partition coefficient (Wildman–Crippen LogP) is 4.60. The minimum absolute atomic E-state index is 0.634. The van der Waals surface area contributed by atoms with Gasteiger partial charge in [-0.3, -0.25) is 4.68 Å². The summed E-state index contributed by atoms with van der Waals surface area (Å²) in [4.78, 5) is 6.06. The van der Waals surface area contributed by atoms with Crippen molar-refractivity contribution >= 4 is 10.9 Å². The molecule has 4 rings (SSSR count). The Morgan fingerprint density at radius 2 is 2.07 bits per heavy atom. The van der Waals surface area contributed by atoms with E-state index in [0.29, 0.717) is 5.92 Å². The smallest absolute Gasteiger partial charge is 0.120 e. The lowest BCUT2D eigenvalue weighted by Crippen LogP contribution is -2.34. The second-order valence-electron chi connectivity index (χ2n) is 7.87. The Morgan fingerprint density at radius 3 is 2.82 bits per heavy atom. The molecule has 3 heterocycles. The lowest BCUT2D eigenvalue weighted by atomic mass is 9.89. The number of H-pyrrole nitrogens is 1. The molecule has 5 heteroatoms. The summed E-state index contributed by atoms with van der Waals surface area (Å²) in [7, 11) is 0. The van der Waals surface area contributed by atoms with Crippen molar-refractivity contribution < 1.29 is 4.74 Å². The normalized spacial score (nSPS) is 16.1. The molecular formula is C23H32N4O. The first kappa shape index (κ1) is 19.1. The Labute approximate surface area is 167 Å². The van der Waals surface area contributed by atoms with E-state index < -0.39 is 0 Å². The van der Waals surface area contributed by atoms with Gasteiger partial charge in [-0.2, -0.15) is 5.10 Å². The van der Waals surface area contributed by atoms with Crippen molar-refractivity contribution in [3.63, 3.8) is 0 Å². The Balaban J connectivity index is 1.35. The van der Waals surface area contributed by atoms with Crippen LogP contribution in [0.5, 0.6) is 5.75 Å². The van der Waals surface area contributed by atoms with Crippen LogP contribution in [0.25, 0.3) is 10.9 Å². The van der Waals surface area contributed by atoms with Crippen molar-refractivity contribution in [1.29, 1.82) is 0 Å². The van der Waals surface area contributed by atoms with E-state index in [0.717, 1.165) is 38.3 Å². The Kier molecular flexibility index (Phi) is 6.01. The van der Waals surface area contributed by atoms with Crippen molar-refractivity contribution in [2.45, 2.75) is 52.0 Å². The van der Waals surface area contributed by atoms with Crippen LogP contribution in [0.3, 0.4) is 0 Å². The zero-order valence-corrected chi connectivity index (χ0v) is 17.2. The maximum Gasteiger partial charge on any atom is 0.120 e. The SMILES string of the molecule is CCCOc1ccc2[nH]cc(C3CCN(CCc4cnn(CC)c4)CC3)c2c1. The topological polar surface area (TPSA) is 46.1 Å². The third-order valence-electron chi connectivity index (χ3n) is 5.91. The number of aryl methyl sites for hydroxylation is 1. The maximum absolute atomic E-state index is 5.85. The van der Waals surface area contributed by atoms with Gasteiger partial charge < -0.3 is 14.6 Å². The van der Waals surface area contributed by atoms with E-state index in [4.69, 9.17) is 4.74 Å². The van der Waals surface area contributed by atoms with Crippen molar-refractivity contribution in [2.75, 3.05) is 26.2 Å². The number of ether oxygens (including phenoxy) is 1. The Bertz CT molecular complexity index is 889. The van der Waals surface area contributed by atoms with Gasteiger partial charge >= 0.3 is 0 Å². The van der Waals surface area contributed by atoms with E-state index in [1.54, 1.807) is 0 Å². The zero-order chi connectivity index (χ0) is 19.3. The molecule has 1 saturated heterocycles. The molecule has 0 amide bonds. The summed E-state index contributed by atoms with van der Waals surface area (Å²) < 4.78 is 7.86. The number of hydrogen-bond acceptors (Lipinski definition) is 3. The summed E-state index contributed by atoms with van der Waals surface area (Å²) in [5.41, 5.74) is 4.02. The van der Waals surface area contributed by atoms with E-state index in [1.165, 1.54) is 48.0 Å². The molecule has 0 saturated carbocycles. The third kappa shape index (κ3) is 4.25. The summed E-state index contributed by atoms with van der Waals surface area (Å²) in [6.07, 6.45) is 11.0. The second kappa shape index (κ2) is 8.82. The molecule has 0 unspecified atom stereocenters. The van der Waals surface area contributed by atoms with Gasteiger partial charge in [0.15, 0.2) is 0 Å². The molecule has 0 radical (unpaired) electrons. The molecule has 0 spiro atoms. The number of nitrogens with zero attached hydrogens (tertiary/aromatic N) is 3. The van der Waals surface area contributed by atoms with Gasteiger partial charge in [-0.1, -0.05) is 6.92 Å². The van der Waals surface area contributed by atoms with Crippen molar-refractivity contribution in [3.8, 4) is 5.75 Å². The fraction of sp³-hybridized carbons (Fsp3) is 0.522. The van der Waals surface area contributed by atoms with Gasteiger partial charge in [0.2, 0.25) is 0 Å². The summed E-state index contributed by atoms with van der Waals surface area (Å²) in [6.45, 7) is 9.47. The van der Waals surface area contributed by atoms with Gasteiger partial charge in [0.05, 0.1) is 12.8 Å². The molecule has 0 aliphatic carbocycles. The average Bonchev–Trinajstić information content (AvgIpc) is 3.37.